The Morgan fingerprint density at radius 2 is 1.85 bits per heavy atom. The van der Waals surface area contributed by atoms with E-state index >= 15 is 0 Å². The summed E-state index contributed by atoms with van der Waals surface area (Å²) >= 11 is 11.8. The van der Waals surface area contributed by atoms with Crippen molar-refractivity contribution in [1.29, 1.82) is 0 Å². The molecule has 0 aliphatic rings. The summed E-state index contributed by atoms with van der Waals surface area (Å²) in [5.74, 6) is -0.473. The second-order valence-electron chi connectivity index (χ2n) is 5.26. The summed E-state index contributed by atoms with van der Waals surface area (Å²) in [5, 5.41) is 13.3. The van der Waals surface area contributed by atoms with Crippen LogP contribution in [0.25, 0.3) is 0 Å². The quantitative estimate of drug-likeness (QED) is 0.720. The van der Waals surface area contributed by atoms with Crippen molar-refractivity contribution in [3.05, 3.63) is 33.6 Å². The summed E-state index contributed by atoms with van der Waals surface area (Å²) in [4.78, 5) is 0. The largest absolute Gasteiger partial charge is 0.396 e. The highest BCUT2D eigenvalue weighted by Crippen LogP contribution is 2.30. The van der Waals surface area contributed by atoms with E-state index in [0.29, 0.717) is 17.1 Å². The van der Waals surface area contributed by atoms with Gasteiger partial charge in [-0.05, 0) is 37.5 Å². The molecule has 20 heavy (non-hydrogen) atoms. The van der Waals surface area contributed by atoms with E-state index < -0.39 is 5.82 Å². The van der Waals surface area contributed by atoms with Crippen LogP contribution in [-0.4, -0.2) is 18.3 Å². The molecule has 0 fully saturated rings. The first kappa shape index (κ1) is 17.7. The number of benzene rings is 1. The molecule has 0 amide bonds. The van der Waals surface area contributed by atoms with Gasteiger partial charge in [-0.15, -0.1) is 0 Å². The molecule has 0 saturated carbocycles. The zero-order valence-electron chi connectivity index (χ0n) is 12.1. The molecule has 1 unspecified atom stereocenters. The first-order valence-electron chi connectivity index (χ1n) is 6.87. The fourth-order valence-corrected chi connectivity index (χ4v) is 2.68. The van der Waals surface area contributed by atoms with Gasteiger partial charge in [-0.25, -0.2) is 4.39 Å². The predicted molar refractivity (Wildman–Crippen MR) is 82.9 cm³/mol. The molecule has 0 aliphatic heterocycles. The van der Waals surface area contributed by atoms with Gasteiger partial charge in [0.15, 0.2) is 0 Å². The van der Waals surface area contributed by atoms with Crippen LogP contribution in [0.2, 0.25) is 10.0 Å². The van der Waals surface area contributed by atoms with Crippen LogP contribution in [-0.2, 0) is 0 Å². The van der Waals surface area contributed by atoms with Crippen molar-refractivity contribution in [3.8, 4) is 0 Å². The molecule has 1 atom stereocenters. The van der Waals surface area contributed by atoms with Gasteiger partial charge in [0.2, 0.25) is 0 Å². The predicted octanol–water partition coefficient (Wildman–Crippen LogP) is 4.58. The van der Waals surface area contributed by atoms with E-state index in [1.165, 1.54) is 12.1 Å². The maximum Gasteiger partial charge on any atom is 0.142 e. The molecular formula is C15H22Cl2FNO. The Balaban J connectivity index is 2.81. The summed E-state index contributed by atoms with van der Waals surface area (Å²) in [5.41, 5.74) is 0.527. The Hall–Kier alpha value is -0.350. The minimum Gasteiger partial charge on any atom is -0.396 e. The first-order chi connectivity index (χ1) is 9.39. The highest BCUT2D eigenvalue weighted by Gasteiger charge is 2.26. The fraction of sp³-hybridized carbons (Fsp3) is 0.600. The standard InChI is InChI=1S/C15H22Cl2FNO/c1-4-15(5-2,9-20)8-19-10(3)11-6-14(18)13(17)7-12(11)16/h6-7,10,19-20H,4-5,8-9H2,1-3H3. The lowest BCUT2D eigenvalue weighted by molar-refractivity contribution is 0.110. The second-order valence-corrected chi connectivity index (χ2v) is 6.07. The summed E-state index contributed by atoms with van der Waals surface area (Å²) in [7, 11) is 0. The van der Waals surface area contributed by atoms with Crippen LogP contribution in [0, 0.1) is 11.2 Å². The van der Waals surface area contributed by atoms with Gasteiger partial charge < -0.3 is 10.4 Å². The van der Waals surface area contributed by atoms with Gasteiger partial charge in [0, 0.05) is 29.6 Å². The van der Waals surface area contributed by atoms with E-state index in [9.17, 15) is 9.50 Å². The highest BCUT2D eigenvalue weighted by atomic mass is 35.5. The van der Waals surface area contributed by atoms with Crippen molar-refractivity contribution >= 4 is 23.2 Å². The van der Waals surface area contributed by atoms with Crippen LogP contribution in [0.5, 0.6) is 0 Å². The monoisotopic (exact) mass is 321 g/mol. The van der Waals surface area contributed by atoms with Crippen molar-refractivity contribution in [2.45, 2.75) is 39.7 Å². The molecule has 0 aromatic heterocycles. The molecule has 1 rings (SSSR count). The van der Waals surface area contributed by atoms with E-state index in [0.717, 1.165) is 12.8 Å². The molecule has 2 N–H and O–H groups in total. The summed E-state index contributed by atoms with van der Waals surface area (Å²) in [6.07, 6.45) is 1.75. The Bertz CT molecular complexity index is 441. The van der Waals surface area contributed by atoms with Crippen LogP contribution in [0.4, 0.5) is 4.39 Å². The molecule has 0 spiro atoms. The van der Waals surface area contributed by atoms with Crippen LogP contribution >= 0.6 is 23.2 Å². The second kappa shape index (κ2) is 7.60. The number of hydrogen-bond acceptors (Lipinski definition) is 2. The van der Waals surface area contributed by atoms with Gasteiger partial charge in [-0.1, -0.05) is 37.0 Å². The maximum atomic E-state index is 13.5. The Labute approximate surface area is 130 Å². The maximum absolute atomic E-state index is 13.5. The number of nitrogens with one attached hydrogen (secondary N) is 1. The van der Waals surface area contributed by atoms with Gasteiger partial charge in [0.1, 0.15) is 5.82 Å². The van der Waals surface area contributed by atoms with Crippen LogP contribution in [0.15, 0.2) is 12.1 Å². The van der Waals surface area contributed by atoms with E-state index in [2.05, 4.69) is 19.2 Å². The van der Waals surface area contributed by atoms with Crippen LogP contribution < -0.4 is 5.32 Å². The van der Waals surface area contributed by atoms with Crippen molar-refractivity contribution in [2.24, 2.45) is 5.41 Å². The lowest BCUT2D eigenvalue weighted by atomic mass is 9.83. The summed E-state index contributed by atoms with van der Waals surface area (Å²) in [6, 6.07) is 2.67. The lowest BCUT2D eigenvalue weighted by Gasteiger charge is -2.31. The normalized spacial score (nSPS) is 13.6. The molecule has 1 aromatic carbocycles. The van der Waals surface area contributed by atoms with Crippen LogP contribution in [0.3, 0.4) is 0 Å². The SMILES string of the molecule is CCC(CC)(CO)CNC(C)c1cc(F)c(Cl)cc1Cl. The van der Waals surface area contributed by atoms with Gasteiger partial charge in [-0.3, -0.25) is 0 Å². The molecule has 0 saturated heterocycles. The average molecular weight is 322 g/mol. The fourth-order valence-electron chi connectivity index (χ4n) is 2.13. The van der Waals surface area contributed by atoms with Gasteiger partial charge in [-0.2, -0.15) is 0 Å². The molecule has 5 heteroatoms. The Morgan fingerprint density at radius 3 is 2.35 bits per heavy atom. The third-order valence-electron chi connectivity index (χ3n) is 4.12. The molecule has 0 bridgehead atoms. The number of hydrogen-bond donors (Lipinski definition) is 2. The van der Waals surface area contributed by atoms with E-state index in [4.69, 9.17) is 23.2 Å². The molecule has 0 heterocycles. The molecule has 2 nitrogen and oxygen atoms in total. The Kier molecular flexibility index (Phi) is 6.73. The van der Waals surface area contributed by atoms with Gasteiger partial charge >= 0.3 is 0 Å². The summed E-state index contributed by atoms with van der Waals surface area (Å²) in [6.45, 7) is 6.81. The van der Waals surface area contributed by atoms with E-state index in [1.54, 1.807) is 0 Å². The van der Waals surface area contributed by atoms with E-state index in [1.807, 2.05) is 6.92 Å². The zero-order valence-corrected chi connectivity index (χ0v) is 13.7. The minimum atomic E-state index is -0.473. The highest BCUT2D eigenvalue weighted by molar-refractivity contribution is 6.35. The van der Waals surface area contributed by atoms with Gasteiger partial charge in [0.05, 0.1) is 5.02 Å². The first-order valence-corrected chi connectivity index (χ1v) is 7.63. The number of halogens is 3. The molecule has 114 valence electrons. The van der Waals surface area contributed by atoms with Crippen molar-refractivity contribution in [1.82, 2.24) is 5.32 Å². The molecule has 0 aliphatic carbocycles. The van der Waals surface area contributed by atoms with Crippen LogP contribution in [0.1, 0.15) is 45.2 Å². The zero-order chi connectivity index (χ0) is 15.3. The Morgan fingerprint density at radius 1 is 1.25 bits per heavy atom. The van der Waals surface area contributed by atoms with Crippen molar-refractivity contribution in [3.63, 3.8) is 0 Å². The van der Waals surface area contributed by atoms with E-state index in [-0.39, 0.29) is 23.1 Å². The average Bonchev–Trinajstić information content (AvgIpc) is 2.44. The number of aliphatic hydroxyl groups excluding tert-OH is 1. The number of aliphatic hydroxyl groups is 1. The third-order valence-corrected chi connectivity index (χ3v) is 4.74. The third kappa shape index (κ3) is 4.08. The lowest BCUT2D eigenvalue weighted by Crippen LogP contribution is -2.37. The topological polar surface area (TPSA) is 32.3 Å². The molecular weight excluding hydrogens is 300 g/mol. The van der Waals surface area contributed by atoms with Crippen molar-refractivity contribution in [2.75, 3.05) is 13.2 Å². The summed E-state index contributed by atoms with van der Waals surface area (Å²) < 4.78 is 13.5. The minimum absolute atomic E-state index is 0.0257. The smallest absolute Gasteiger partial charge is 0.142 e. The van der Waals surface area contributed by atoms with Gasteiger partial charge in [0.25, 0.3) is 0 Å². The van der Waals surface area contributed by atoms with Crippen molar-refractivity contribution < 1.29 is 9.50 Å². The molecule has 0 radical (unpaired) electrons. The molecule has 1 aromatic rings. The number of rotatable bonds is 7.